The van der Waals surface area contributed by atoms with Crippen LogP contribution in [0.4, 0.5) is 11.4 Å². The van der Waals surface area contributed by atoms with Crippen molar-refractivity contribution in [3.63, 3.8) is 0 Å². The standard InChI is InChI=1S/C22H22ClN3O2S/c1-4-8-26-21(28)19(13-20(27)24-17-7-5-6-16(23)12-17)29-22(26)25-18-10-14(2)9-15(3)11-18/h4-7,9-12,19H,1,8,13H2,2-3H3,(H,24,27). The smallest absolute Gasteiger partial charge is 0.242 e. The molecule has 0 bridgehead atoms. The van der Waals surface area contributed by atoms with Crippen LogP contribution in [0.25, 0.3) is 0 Å². The number of nitrogens with zero attached hydrogens (tertiary/aromatic N) is 2. The average Bonchev–Trinajstić information content (AvgIpc) is 2.90. The van der Waals surface area contributed by atoms with Crippen molar-refractivity contribution in [1.82, 2.24) is 4.90 Å². The molecule has 0 radical (unpaired) electrons. The molecule has 0 saturated carbocycles. The van der Waals surface area contributed by atoms with E-state index in [1.807, 2.05) is 26.0 Å². The number of benzene rings is 2. The van der Waals surface area contributed by atoms with Gasteiger partial charge in [0.1, 0.15) is 5.25 Å². The van der Waals surface area contributed by atoms with Gasteiger partial charge in [-0.15, -0.1) is 6.58 Å². The van der Waals surface area contributed by atoms with Gasteiger partial charge in [-0.2, -0.15) is 0 Å². The molecule has 1 aliphatic rings. The molecule has 1 saturated heterocycles. The topological polar surface area (TPSA) is 61.8 Å². The first-order chi connectivity index (χ1) is 13.9. The second-order valence-electron chi connectivity index (χ2n) is 6.85. The zero-order valence-electron chi connectivity index (χ0n) is 16.3. The molecule has 1 aliphatic heterocycles. The highest BCUT2D eigenvalue weighted by Crippen LogP contribution is 2.32. The highest BCUT2D eigenvalue weighted by atomic mass is 35.5. The molecule has 2 amide bonds. The molecule has 2 aromatic carbocycles. The minimum absolute atomic E-state index is 0.0511. The number of aryl methyl sites for hydroxylation is 2. The van der Waals surface area contributed by atoms with Crippen LogP contribution >= 0.6 is 23.4 Å². The van der Waals surface area contributed by atoms with Gasteiger partial charge in [-0.25, -0.2) is 4.99 Å². The SMILES string of the molecule is C=CCN1C(=O)C(CC(=O)Nc2cccc(Cl)c2)SC1=Nc1cc(C)cc(C)c1. The van der Waals surface area contributed by atoms with Crippen molar-refractivity contribution in [3.8, 4) is 0 Å². The molecular formula is C22H22ClN3O2S. The third-order valence-corrected chi connectivity index (χ3v) is 5.65. The Morgan fingerprint density at radius 1 is 1.28 bits per heavy atom. The van der Waals surface area contributed by atoms with Crippen LogP contribution in [0.1, 0.15) is 17.5 Å². The van der Waals surface area contributed by atoms with Gasteiger partial charge >= 0.3 is 0 Å². The number of carbonyl (C=O) groups excluding carboxylic acids is 2. The lowest BCUT2D eigenvalue weighted by molar-refractivity contribution is -0.127. The first kappa shape index (κ1) is 21.1. The monoisotopic (exact) mass is 427 g/mol. The molecule has 0 aliphatic carbocycles. The van der Waals surface area contributed by atoms with E-state index in [-0.39, 0.29) is 18.2 Å². The maximum atomic E-state index is 12.8. The maximum Gasteiger partial charge on any atom is 0.242 e. The Hall–Kier alpha value is -2.57. The van der Waals surface area contributed by atoms with E-state index in [9.17, 15) is 9.59 Å². The highest BCUT2D eigenvalue weighted by Gasteiger charge is 2.38. The van der Waals surface area contributed by atoms with Crippen LogP contribution in [0.15, 0.2) is 60.1 Å². The number of amidine groups is 1. The van der Waals surface area contributed by atoms with Crippen molar-refractivity contribution in [1.29, 1.82) is 0 Å². The Bertz CT molecular complexity index is 970. The Balaban J connectivity index is 1.76. The predicted molar refractivity (Wildman–Crippen MR) is 121 cm³/mol. The van der Waals surface area contributed by atoms with Crippen molar-refractivity contribution < 1.29 is 9.59 Å². The molecule has 1 heterocycles. The summed E-state index contributed by atoms with van der Waals surface area (Å²) in [7, 11) is 0. The van der Waals surface area contributed by atoms with Crippen molar-refractivity contribution in [2.24, 2.45) is 4.99 Å². The summed E-state index contributed by atoms with van der Waals surface area (Å²) in [6, 6.07) is 12.9. The van der Waals surface area contributed by atoms with E-state index < -0.39 is 5.25 Å². The largest absolute Gasteiger partial charge is 0.326 e. The Morgan fingerprint density at radius 2 is 2.00 bits per heavy atom. The van der Waals surface area contributed by atoms with Crippen molar-refractivity contribution >= 4 is 51.7 Å². The lowest BCUT2D eigenvalue weighted by Gasteiger charge is -2.14. The highest BCUT2D eigenvalue weighted by molar-refractivity contribution is 8.15. The number of aliphatic imine (C=N–C) groups is 1. The van der Waals surface area contributed by atoms with Gasteiger partial charge in [0.05, 0.1) is 5.69 Å². The molecule has 1 atom stereocenters. The summed E-state index contributed by atoms with van der Waals surface area (Å²) in [5.41, 5.74) is 3.60. The van der Waals surface area contributed by atoms with Gasteiger partial charge in [-0.3, -0.25) is 14.5 Å². The van der Waals surface area contributed by atoms with Crippen molar-refractivity contribution in [3.05, 3.63) is 71.3 Å². The Labute approximate surface area is 179 Å². The van der Waals surface area contributed by atoms with E-state index in [0.717, 1.165) is 16.8 Å². The lowest BCUT2D eigenvalue weighted by Crippen LogP contribution is -2.33. The van der Waals surface area contributed by atoms with Gasteiger partial charge < -0.3 is 5.32 Å². The molecule has 2 aromatic rings. The molecule has 1 fully saturated rings. The lowest BCUT2D eigenvalue weighted by atomic mass is 10.1. The quantitative estimate of drug-likeness (QED) is 0.652. The molecule has 0 aromatic heterocycles. The van der Waals surface area contributed by atoms with Gasteiger partial charge in [-0.05, 0) is 55.3 Å². The second kappa shape index (κ2) is 9.29. The second-order valence-corrected chi connectivity index (χ2v) is 8.45. The van der Waals surface area contributed by atoms with Crippen LogP contribution in [-0.4, -0.2) is 33.7 Å². The van der Waals surface area contributed by atoms with Gasteiger partial charge in [0.2, 0.25) is 11.8 Å². The Kier molecular flexibility index (Phi) is 6.77. The fraction of sp³-hybridized carbons (Fsp3) is 0.227. The van der Waals surface area contributed by atoms with E-state index >= 15 is 0 Å². The van der Waals surface area contributed by atoms with Crippen LogP contribution in [0.5, 0.6) is 0 Å². The van der Waals surface area contributed by atoms with E-state index in [1.54, 1.807) is 35.2 Å². The maximum absolute atomic E-state index is 12.8. The number of hydrogen-bond acceptors (Lipinski definition) is 4. The Morgan fingerprint density at radius 3 is 2.66 bits per heavy atom. The summed E-state index contributed by atoms with van der Waals surface area (Å²) < 4.78 is 0. The van der Waals surface area contributed by atoms with Crippen LogP contribution in [0.2, 0.25) is 5.02 Å². The number of hydrogen-bond donors (Lipinski definition) is 1. The third kappa shape index (κ3) is 5.49. The summed E-state index contributed by atoms with van der Waals surface area (Å²) in [6.07, 6.45) is 1.71. The summed E-state index contributed by atoms with van der Waals surface area (Å²) in [5, 5.41) is 3.38. The minimum atomic E-state index is -0.529. The zero-order chi connectivity index (χ0) is 21.0. The number of halogens is 1. The van der Waals surface area contributed by atoms with Crippen molar-refractivity contribution in [2.75, 3.05) is 11.9 Å². The summed E-state index contributed by atoms with van der Waals surface area (Å²) >= 11 is 7.26. The molecule has 0 spiro atoms. The van der Waals surface area contributed by atoms with Crippen molar-refractivity contribution in [2.45, 2.75) is 25.5 Å². The van der Waals surface area contributed by atoms with E-state index in [1.165, 1.54) is 11.8 Å². The normalized spacial score (nSPS) is 17.6. The number of thioether (sulfide) groups is 1. The van der Waals surface area contributed by atoms with Gasteiger partial charge in [0.15, 0.2) is 5.17 Å². The van der Waals surface area contributed by atoms with Gasteiger partial charge in [0, 0.05) is 23.7 Å². The zero-order valence-corrected chi connectivity index (χ0v) is 17.9. The molecule has 29 heavy (non-hydrogen) atoms. The van der Waals surface area contributed by atoms with Crippen LogP contribution in [0, 0.1) is 13.8 Å². The molecule has 7 heteroatoms. The van der Waals surface area contributed by atoms with E-state index in [2.05, 4.69) is 23.0 Å². The molecule has 150 valence electrons. The fourth-order valence-electron chi connectivity index (χ4n) is 3.09. The number of anilines is 1. The number of amides is 2. The molecule has 5 nitrogen and oxygen atoms in total. The number of carbonyl (C=O) groups is 2. The molecule has 1 N–H and O–H groups in total. The summed E-state index contributed by atoms with van der Waals surface area (Å²) in [5.74, 6) is -0.386. The molecule has 3 rings (SSSR count). The predicted octanol–water partition coefficient (Wildman–Crippen LogP) is 5.10. The first-order valence-electron chi connectivity index (χ1n) is 9.17. The molecular weight excluding hydrogens is 406 g/mol. The summed E-state index contributed by atoms with van der Waals surface area (Å²) in [6.45, 7) is 8.09. The first-order valence-corrected chi connectivity index (χ1v) is 10.4. The van der Waals surface area contributed by atoms with Gasteiger partial charge in [-0.1, -0.05) is 41.6 Å². The number of nitrogens with one attached hydrogen (secondary N) is 1. The van der Waals surface area contributed by atoms with Crippen LogP contribution < -0.4 is 5.32 Å². The fourth-order valence-corrected chi connectivity index (χ4v) is 4.45. The third-order valence-electron chi connectivity index (χ3n) is 4.24. The van der Waals surface area contributed by atoms with E-state index in [0.29, 0.717) is 22.4 Å². The summed E-state index contributed by atoms with van der Waals surface area (Å²) in [4.78, 5) is 31.5. The molecule has 1 unspecified atom stereocenters. The van der Waals surface area contributed by atoms with E-state index in [4.69, 9.17) is 11.6 Å². The van der Waals surface area contributed by atoms with Gasteiger partial charge in [0.25, 0.3) is 0 Å². The average molecular weight is 428 g/mol. The minimum Gasteiger partial charge on any atom is -0.326 e. The number of rotatable bonds is 6. The van der Waals surface area contributed by atoms with Crippen LogP contribution in [0.3, 0.4) is 0 Å². The van der Waals surface area contributed by atoms with Crippen LogP contribution in [-0.2, 0) is 9.59 Å².